The van der Waals surface area contributed by atoms with Crippen molar-refractivity contribution in [1.29, 1.82) is 0 Å². The predicted molar refractivity (Wildman–Crippen MR) is 71.3 cm³/mol. The maximum absolute atomic E-state index is 10.9. The third kappa shape index (κ3) is 2.45. The second-order valence-electron chi connectivity index (χ2n) is 5.58. The highest BCUT2D eigenvalue weighted by Crippen LogP contribution is 2.42. The lowest BCUT2D eigenvalue weighted by Crippen LogP contribution is -2.45. The third-order valence-corrected chi connectivity index (χ3v) is 4.43. The minimum atomic E-state index is -0.813. The highest BCUT2D eigenvalue weighted by molar-refractivity contribution is 5.65. The number of carbonyl (C=O) groups is 1. The number of piperidine rings is 1. The maximum Gasteiger partial charge on any atom is 0.407 e. The van der Waals surface area contributed by atoms with Gasteiger partial charge in [-0.25, -0.2) is 4.79 Å². The molecule has 1 atom stereocenters. The maximum atomic E-state index is 10.9. The van der Waals surface area contributed by atoms with Crippen LogP contribution in [0.15, 0.2) is 30.3 Å². The Morgan fingerprint density at radius 3 is 2.58 bits per heavy atom. The molecule has 0 aromatic heterocycles. The fourth-order valence-electron chi connectivity index (χ4n) is 3.24. The van der Waals surface area contributed by atoms with Crippen molar-refractivity contribution in [2.24, 2.45) is 0 Å². The van der Waals surface area contributed by atoms with Crippen molar-refractivity contribution < 1.29 is 14.6 Å². The van der Waals surface area contributed by atoms with Gasteiger partial charge in [-0.2, -0.15) is 0 Å². The second kappa shape index (κ2) is 4.85. The van der Waals surface area contributed by atoms with Crippen LogP contribution in [0, 0.1) is 0 Å². The smallest absolute Gasteiger partial charge is 0.407 e. The zero-order valence-corrected chi connectivity index (χ0v) is 10.9. The number of amides is 1. The summed E-state index contributed by atoms with van der Waals surface area (Å²) >= 11 is 0. The van der Waals surface area contributed by atoms with E-state index < -0.39 is 6.09 Å². The summed E-state index contributed by atoms with van der Waals surface area (Å²) in [5.41, 5.74) is 1.24. The Bertz CT molecular complexity index is 452. The van der Waals surface area contributed by atoms with Crippen molar-refractivity contribution >= 4 is 6.09 Å². The summed E-state index contributed by atoms with van der Waals surface area (Å²) in [5, 5.41) is 8.98. The summed E-state index contributed by atoms with van der Waals surface area (Å²) in [4.78, 5) is 12.4. The van der Waals surface area contributed by atoms with Crippen LogP contribution in [0.4, 0.5) is 4.79 Å². The van der Waals surface area contributed by atoms with E-state index in [1.165, 1.54) is 10.5 Å². The van der Waals surface area contributed by atoms with Gasteiger partial charge in [0, 0.05) is 19.0 Å². The molecule has 1 aromatic carbocycles. The average molecular weight is 261 g/mol. The zero-order chi connectivity index (χ0) is 13.3. The number of hydrogen-bond acceptors (Lipinski definition) is 2. The third-order valence-electron chi connectivity index (χ3n) is 4.43. The van der Waals surface area contributed by atoms with Crippen molar-refractivity contribution in [1.82, 2.24) is 4.90 Å². The van der Waals surface area contributed by atoms with E-state index in [4.69, 9.17) is 9.84 Å². The number of ether oxygens (including phenoxy) is 1. The standard InChI is InChI=1S/C15H19NO3/c17-14(18)16-8-6-15(7-9-16)10-13(11-19-15)12-4-2-1-3-5-12/h1-5,13H,6-11H2,(H,17,18). The zero-order valence-electron chi connectivity index (χ0n) is 10.9. The summed E-state index contributed by atoms with van der Waals surface area (Å²) in [7, 11) is 0. The van der Waals surface area contributed by atoms with E-state index in [-0.39, 0.29) is 5.60 Å². The van der Waals surface area contributed by atoms with Crippen LogP contribution >= 0.6 is 0 Å². The molecular weight excluding hydrogens is 242 g/mol. The van der Waals surface area contributed by atoms with Gasteiger partial charge in [0.1, 0.15) is 0 Å². The van der Waals surface area contributed by atoms with Crippen molar-refractivity contribution in [2.45, 2.75) is 30.8 Å². The molecule has 3 rings (SSSR count). The van der Waals surface area contributed by atoms with E-state index >= 15 is 0 Å². The van der Waals surface area contributed by atoms with Gasteiger partial charge in [-0.1, -0.05) is 30.3 Å². The van der Waals surface area contributed by atoms with E-state index in [0.717, 1.165) is 25.9 Å². The Hall–Kier alpha value is -1.55. The Balaban J connectivity index is 1.65. The Labute approximate surface area is 113 Å². The van der Waals surface area contributed by atoms with Gasteiger partial charge in [0.05, 0.1) is 12.2 Å². The van der Waals surface area contributed by atoms with Gasteiger partial charge in [-0.3, -0.25) is 0 Å². The molecular formula is C15H19NO3. The van der Waals surface area contributed by atoms with Crippen molar-refractivity contribution in [3.63, 3.8) is 0 Å². The summed E-state index contributed by atoms with van der Waals surface area (Å²) in [6.07, 6.45) is 1.85. The van der Waals surface area contributed by atoms with E-state index in [9.17, 15) is 4.79 Å². The first kappa shape index (κ1) is 12.5. The number of hydrogen-bond donors (Lipinski definition) is 1. The molecule has 1 N–H and O–H groups in total. The summed E-state index contributed by atoms with van der Waals surface area (Å²) in [5.74, 6) is 0.456. The van der Waals surface area contributed by atoms with E-state index in [1.54, 1.807) is 0 Å². The van der Waals surface area contributed by atoms with Gasteiger partial charge in [-0.15, -0.1) is 0 Å². The molecule has 1 spiro atoms. The van der Waals surface area contributed by atoms with E-state index in [0.29, 0.717) is 19.0 Å². The van der Waals surface area contributed by atoms with Crippen LogP contribution in [0.5, 0.6) is 0 Å². The molecule has 4 nitrogen and oxygen atoms in total. The van der Waals surface area contributed by atoms with Crippen LogP contribution in [0.1, 0.15) is 30.7 Å². The molecule has 4 heteroatoms. The molecule has 2 aliphatic rings. The van der Waals surface area contributed by atoms with Gasteiger partial charge in [0.25, 0.3) is 0 Å². The SMILES string of the molecule is O=C(O)N1CCC2(CC1)CC(c1ccccc1)CO2. The lowest BCUT2D eigenvalue weighted by Gasteiger charge is -2.37. The Morgan fingerprint density at radius 1 is 1.26 bits per heavy atom. The molecule has 1 aromatic rings. The van der Waals surface area contributed by atoms with Crippen LogP contribution < -0.4 is 0 Å². The van der Waals surface area contributed by atoms with Gasteiger partial charge >= 0.3 is 6.09 Å². The number of carboxylic acid groups (broad SMARTS) is 1. The predicted octanol–water partition coefficient (Wildman–Crippen LogP) is 2.70. The molecule has 19 heavy (non-hydrogen) atoms. The minimum Gasteiger partial charge on any atom is -0.465 e. The summed E-state index contributed by atoms with van der Waals surface area (Å²) in [6.45, 7) is 1.95. The fourth-order valence-corrected chi connectivity index (χ4v) is 3.24. The molecule has 102 valence electrons. The normalized spacial score (nSPS) is 25.7. The lowest BCUT2D eigenvalue weighted by atomic mass is 9.83. The molecule has 0 saturated carbocycles. The van der Waals surface area contributed by atoms with Gasteiger partial charge < -0.3 is 14.7 Å². The summed E-state index contributed by atoms with van der Waals surface area (Å²) in [6, 6.07) is 10.5. The molecule has 2 heterocycles. The number of rotatable bonds is 1. The van der Waals surface area contributed by atoms with Crippen LogP contribution in [-0.2, 0) is 4.74 Å². The molecule has 2 fully saturated rings. The molecule has 0 bridgehead atoms. The van der Waals surface area contributed by atoms with Gasteiger partial charge in [0.2, 0.25) is 0 Å². The highest BCUT2D eigenvalue weighted by atomic mass is 16.5. The van der Waals surface area contributed by atoms with Gasteiger partial charge in [-0.05, 0) is 24.8 Å². The van der Waals surface area contributed by atoms with Crippen LogP contribution in [-0.4, -0.2) is 41.4 Å². The molecule has 1 unspecified atom stereocenters. The quantitative estimate of drug-likeness (QED) is 0.845. The van der Waals surface area contributed by atoms with Crippen molar-refractivity contribution in [3.05, 3.63) is 35.9 Å². The van der Waals surface area contributed by atoms with Crippen LogP contribution in [0.2, 0.25) is 0 Å². The summed E-state index contributed by atoms with van der Waals surface area (Å²) < 4.78 is 6.06. The average Bonchev–Trinajstić information content (AvgIpc) is 2.84. The van der Waals surface area contributed by atoms with Gasteiger partial charge in [0.15, 0.2) is 0 Å². The molecule has 0 radical (unpaired) electrons. The Morgan fingerprint density at radius 2 is 1.95 bits per heavy atom. The largest absolute Gasteiger partial charge is 0.465 e. The van der Waals surface area contributed by atoms with Crippen molar-refractivity contribution in [2.75, 3.05) is 19.7 Å². The topological polar surface area (TPSA) is 49.8 Å². The molecule has 0 aliphatic carbocycles. The molecule has 1 amide bonds. The first-order valence-electron chi connectivity index (χ1n) is 6.85. The number of likely N-dealkylation sites (tertiary alicyclic amines) is 1. The highest BCUT2D eigenvalue weighted by Gasteiger charge is 2.43. The van der Waals surface area contributed by atoms with E-state index in [1.807, 2.05) is 6.07 Å². The monoisotopic (exact) mass is 261 g/mol. The first-order chi connectivity index (χ1) is 9.19. The van der Waals surface area contributed by atoms with E-state index in [2.05, 4.69) is 24.3 Å². The fraction of sp³-hybridized carbons (Fsp3) is 0.533. The minimum absolute atomic E-state index is 0.0908. The lowest BCUT2D eigenvalue weighted by molar-refractivity contribution is -0.0394. The number of nitrogens with zero attached hydrogens (tertiary/aromatic N) is 1. The van der Waals surface area contributed by atoms with Crippen LogP contribution in [0.25, 0.3) is 0 Å². The molecule has 2 saturated heterocycles. The Kier molecular flexibility index (Phi) is 3.19. The van der Waals surface area contributed by atoms with Crippen molar-refractivity contribution in [3.8, 4) is 0 Å². The molecule has 2 aliphatic heterocycles. The van der Waals surface area contributed by atoms with Crippen LogP contribution in [0.3, 0.4) is 0 Å². The first-order valence-corrected chi connectivity index (χ1v) is 6.85. The number of benzene rings is 1. The second-order valence-corrected chi connectivity index (χ2v) is 5.58.